The van der Waals surface area contributed by atoms with Crippen molar-refractivity contribution in [2.75, 3.05) is 30.5 Å². The molecule has 0 heterocycles. The van der Waals surface area contributed by atoms with Gasteiger partial charge in [0.25, 0.3) is 0 Å². The van der Waals surface area contributed by atoms with Crippen LogP contribution in [0, 0.1) is 0 Å². The number of anilines is 2. The number of urea groups is 1. The number of ether oxygens (including phenoxy) is 1. The maximum absolute atomic E-state index is 12.8. The average molecular weight is 410 g/mol. The van der Waals surface area contributed by atoms with E-state index in [0.29, 0.717) is 24.2 Å². The molecule has 2 N–H and O–H groups in total. The van der Waals surface area contributed by atoms with Crippen molar-refractivity contribution in [1.29, 1.82) is 0 Å². The molecule has 1 aliphatic rings. The number of nitrogens with one attached hydrogen (secondary N) is 1. The van der Waals surface area contributed by atoms with Gasteiger partial charge < -0.3 is 15.2 Å². The van der Waals surface area contributed by atoms with Gasteiger partial charge >= 0.3 is 12.0 Å². The van der Waals surface area contributed by atoms with Gasteiger partial charge in [-0.1, -0.05) is 12.1 Å². The fourth-order valence-electron chi connectivity index (χ4n) is 3.55. The molecule has 2 aromatic rings. The molecule has 158 valence electrons. The van der Waals surface area contributed by atoms with Crippen LogP contribution in [-0.4, -0.2) is 43.2 Å². The molecule has 7 heteroatoms. The first-order valence-corrected chi connectivity index (χ1v) is 10.0. The number of hydrogen-bond acceptors (Lipinski definition) is 5. The Kier molecular flexibility index (Phi) is 7.19. The van der Waals surface area contributed by atoms with Crippen molar-refractivity contribution in [3.63, 3.8) is 0 Å². The van der Waals surface area contributed by atoms with Crippen molar-refractivity contribution < 1.29 is 24.2 Å². The second-order valence-corrected chi connectivity index (χ2v) is 7.20. The second-order valence-electron chi connectivity index (χ2n) is 7.20. The van der Waals surface area contributed by atoms with Crippen molar-refractivity contribution in [3.05, 3.63) is 59.2 Å². The number of esters is 1. The third-order valence-electron chi connectivity index (χ3n) is 5.17. The normalized spacial score (nSPS) is 12.8. The van der Waals surface area contributed by atoms with E-state index >= 15 is 0 Å². The molecule has 0 aromatic heterocycles. The van der Waals surface area contributed by atoms with Crippen LogP contribution >= 0.6 is 0 Å². The highest BCUT2D eigenvalue weighted by atomic mass is 16.5. The average Bonchev–Trinajstić information content (AvgIpc) is 2.76. The molecule has 2 amide bonds. The molecule has 0 bridgehead atoms. The number of hydrogen-bond donors (Lipinski definition) is 2. The van der Waals surface area contributed by atoms with E-state index < -0.39 is 0 Å². The van der Waals surface area contributed by atoms with Gasteiger partial charge in [0.1, 0.15) is 0 Å². The van der Waals surface area contributed by atoms with E-state index in [2.05, 4.69) is 10.1 Å². The molecular weight excluding hydrogens is 384 g/mol. The van der Waals surface area contributed by atoms with E-state index in [4.69, 9.17) is 0 Å². The number of benzene rings is 2. The minimum atomic E-state index is -0.367. The van der Waals surface area contributed by atoms with Gasteiger partial charge in [0.2, 0.25) is 0 Å². The van der Waals surface area contributed by atoms with Crippen molar-refractivity contribution in [1.82, 2.24) is 0 Å². The van der Waals surface area contributed by atoms with Crippen LogP contribution in [0.15, 0.2) is 42.5 Å². The molecule has 3 rings (SSSR count). The molecule has 0 radical (unpaired) electrons. The highest BCUT2D eigenvalue weighted by molar-refractivity contribution is 6.03. The first-order chi connectivity index (χ1) is 14.5. The van der Waals surface area contributed by atoms with Gasteiger partial charge in [-0.05, 0) is 60.7 Å². The summed E-state index contributed by atoms with van der Waals surface area (Å²) in [4.78, 5) is 37.6. The maximum atomic E-state index is 12.8. The van der Waals surface area contributed by atoms with Crippen LogP contribution in [0.2, 0.25) is 0 Å². The summed E-state index contributed by atoms with van der Waals surface area (Å²) in [5.41, 5.74) is 3.89. The molecule has 2 aromatic carbocycles. The standard InChI is InChI=1S/C23H26N2O5/c1-30-22(28)12-7-16-5-9-19(10-6-16)25(13-14-26)23(29)24-18-8-11-20-17(15-18)3-2-4-21(20)27/h5-6,8-11,15,26H,2-4,7,12-14H2,1H3,(H,24,29). The lowest BCUT2D eigenvalue weighted by Crippen LogP contribution is -2.37. The second kappa shape index (κ2) is 10.0. The van der Waals surface area contributed by atoms with Crippen molar-refractivity contribution in [2.45, 2.75) is 32.1 Å². The number of amides is 2. The molecule has 0 aliphatic heterocycles. The summed E-state index contributed by atoms with van der Waals surface area (Å²) in [5, 5.41) is 12.3. The third-order valence-corrected chi connectivity index (χ3v) is 5.17. The van der Waals surface area contributed by atoms with Crippen molar-refractivity contribution >= 4 is 29.2 Å². The predicted molar refractivity (Wildman–Crippen MR) is 114 cm³/mol. The minimum Gasteiger partial charge on any atom is -0.469 e. The van der Waals surface area contributed by atoms with Gasteiger partial charge in [0.15, 0.2) is 5.78 Å². The number of carbonyl (C=O) groups excluding carboxylic acids is 3. The Labute approximate surface area is 175 Å². The van der Waals surface area contributed by atoms with Gasteiger partial charge in [0, 0.05) is 29.8 Å². The number of aliphatic hydroxyl groups excluding tert-OH is 1. The Balaban J connectivity index is 1.70. The smallest absolute Gasteiger partial charge is 0.326 e. The summed E-state index contributed by atoms with van der Waals surface area (Å²) in [5.74, 6) is -0.129. The van der Waals surface area contributed by atoms with Gasteiger partial charge in [-0.2, -0.15) is 0 Å². The number of Topliss-reactive ketones (excluding diaryl/α,β-unsaturated/α-hetero) is 1. The van der Waals surface area contributed by atoms with Crippen LogP contribution in [-0.2, 0) is 22.4 Å². The predicted octanol–water partition coefficient (Wildman–Crippen LogP) is 3.34. The van der Waals surface area contributed by atoms with Crippen molar-refractivity contribution in [3.8, 4) is 0 Å². The minimum absolute atomic E-state index is 0.136. The van der Waals surface area contributed by atoms with Gasteiger partial charge in [-0.25, -0.2) is 4.79 Å². The quantitative estimate of drug-likeness (QED) is 0.683. The Bertz CT molecular complexity index is 924. The zero-order valence-corrected chi connectivity index (χ0v) is 17.0. The number of aliphatic hydroxyl groups is 1. The van der Waals surface area contributed by atoms with Crippen LogP contribution in [0.3, 0.4) is 0 Å². The summed E-state index contributed by atoms with van der Waals surface area (Å²) >= 11 is 0. The molecule has 0 unspecified atom stereocenters. The molecule has 7 nitrogen and oxygen atoms in total. The molecule has 0 saturated heterocycles. The monoisotopic (exact) mass is 410 g/mol. The Morgan fingerprint density at radius 3 is 2.60 bits per heavy atom. The number of carbonyl (C=O) groups is 3. The number of fused-ring (bicyclic) bond motifs is 1. The lowest BCUT2D eigenvalue weighted by Gasteiger charge is -2.23. The van der Waals surface area contributed by atoms with E-state index in [1.165, 1.54) is 12.0 Å². The number of methoxy groups -OCH3 is 1. The van der Waals surface area contributed by atoms with E-state index in [9.17, 15) is 19.5 Å². The van der Waals surface area contributed by atoms with E-state index in [1.807, 2.05) is 18.2 Å². The SMILES string of the molecule is COC(=O)CCc1ccc(N(CCO)C(=O)Nc2ccc3c(c2)CCCC3=O)cc1. The topological polar surface area (TPSA) is 95.9 Å². The number of ketones is 1. The lowest BCUT2D eigenvalue weighted by atomic mass is 9.90. The van der Waals surface area contributed by atoms with E-state index in [1.54, 1.807) is 24.3 Å². The van der Waals surface area contributed by atoms with Gasteiger partial charge in [-0.3, -0.25) is 14.5 Å². The molecular formula is C23H26N2O5. The first-order valence-electron chi connectivity index (χ1n) is 10.0. The summed E-state index contributed by atoms with van der Waals surface area (Å²) in [6.07, 6.45) is 3.05. The number of rotatable bonds is 7. The Morgan fingerprint density at radius 1 is 1.13 bits per heavy atom. The Hall–Kier alpha value is -3.19. The zero-order chi connectivity index (χ0) is 21.5. The maximum Gasteiger partial charge on any atom is 0.326 e. The van der Waals surface area contributed by atoms with Crippen LogP contribution in [0.1, 0.15) is 40.7 Å². The third kappa shape index (κ3) is 5.24. The van der Waals surface area contributed by atoms with Crippen LogP contribution < -0.4 is 10.2 Å². The fourth-order valence-corrected chi connectivity index (χ4v) is 3.55. The number of nitrogens with zero attached hydrogens (tertiary/aromatic N) is 1. The zero-order valence-electron chi connectivity index (χ0n) is 17.0. The molecule has 0 atom stereocenters. The lowest BCUT2D eigenvalue weighted by molar-refractivity contribution is -0.140. The molecule has 1 aliphatic carbocycles. The summed E-state index contributed by atoms with van der Waals surface area (Å²) in [6.45, 7) is -0.0486. The van der Waals surface area contributed by atoms with Crippen LogP contribution in [0.5, 0.6) is 0 Å². The first kappa shape index (κ1) is 21.5. The molecule has 0 fully saturated rings. The van der Waals surface area contributed by atoms with E-state index in [-0.39, 0.29) is 37.4 Å². The summed E-state index contributed by atoms with van der Waals surface area (Å²) in [7, 11) is 1.36. The van der Waals surface area contributed by atoms with Crippen LogP contribution in [0.4, 0.5) is 16.2 Å². The highest BCUT2D eigenvalue weighted by Crippen LogP contribution is 2.25. The summed E-state index contributed by atoms with van der Waals surface area (Å²) in [6, 6.07) is 12.2. The van der Waals surface area contributed by atoms with Gasteiger partial charge in [-0.15, -0.1) is 0 Å². The highest BCUT2D eigenvalue weighted by Gasteiger charge is 2.19. The number of aryl methyl sites for hydroxylation is 2. The summed E-state index contributed by atoms with van der Waals surface area (Å²) < 4.78 is 4.65. The van der Waals surface area contributed by atoms with Gasteiger partial charge in [0.05, 0.1) is 20.3 Å². The molecule has 0 spiro atoms. The van der Waals surface area contributed by atoms with Crippen LogP contribution in [0.25, 0.3) is 0 Å². The van der Waals surface area contributed by atoms with Crippen molar-refractivity contribution in [2.24, 2.45) is 0 Å². The largest absolute Gasteiger partial charge is 0.469 e. The van der Waals surface area contributed by atoms with E-state index in [0.717, 1.165) is 29.5 Å². The Morgan fingerprint density at radius 2 is 1.90 bits per heavy atom. The molecule has 0 saturated carbocycles. The fraction of sp³-hybridized carbons (Fsp3) is 0.348. The molecule has 30 heavy (non-hydrogen) atoms.